The SMILES string of the molecule is CCC(C)(CC)C(C)(CC)NC(C)C(C)C. The van der Waals surface area contributed by atoms with Crippen LogP contribution < -0.4 is 5.32 Å². The van der Waals surface area contributed by atoms with E-state index in [1.807, 2.05) is 0 Å². The van der Waals surface area contributed by atoms with E-state index in [1.165, 1.54) is 19.3 Å². The van der Waals surface area contributed by atoms with Crippen LogP contribution in [0.15, 0.2) is 0 Å². The quantitative estimate of drug-likeness (QED) is 0.669. The summed E-state index contributed by atoms with van der Waals surface area (Å²) in [5.74, 6) is 0.698. The zero-order chi connectivity index (χ0) is 13.0. The Kier molecular flexibility index (Phi) is 6.03. The molecule has 0 amide bonds. The van der Waals surface area contributed by atoms with E-state index in [4.69, 9.17) is 0 Å². The minimum atomic E-state index is 0.250. The first kappa shape index (κ1) is 16.0. The molecule has 0 aliphatic carbocycles. The summed E-state index contributed by atoms with van der Waals surface area (Å²) in [5.41, 5.74) is 0.644. The van der Waals surface area contributed by atoms with Crippen molar-refractivity contribution < 1.29 is 0 Å². The maximum absolute atomic E-state index is 3.88. The molecular weight excluding hydrogens is 194 g/mol. The highest BCUT2D eigenvalue weighted by molar-refractivity contribution is 4.98. The van der Waals surface area contributed by atoms with Gasteiger partial charge in [-0.1, -0.05) is 41.5 Å². The Morgan fingerprint density at radius 1 is 0.875 bits per heavy atom. The minimum Gasteiger partial charge on any atom is -0.308 e. The molecule has 1 N–H and O–H groups in total. The van der Waals surface area contributed by atoms with E-state index >= 15 is 0 Å². The molecule has 0 saturated heterocycles. The Morgan fingerprint density at radius 2 is 1.31 bits per heavy atom. The molecule has 0 fully saturated rings. The van der Waals surface area contributed by atoms with Crippen LogP contribution in [0, 0.1) is 11.3 Å². The molecule has 0 aromatic heterocycles. The molecule has 0 radical (unpaired) electrons. The molecule has 0 saturated carbocycles. The van der Waals surface area contributed by atoms with Crippen molar-refractivity contribution >= 4 is 0 Å². The number of nitrogens with one attached hydrogen (secondary N) is 1. The predicted octanol–water partition coefficient (Wildman–Crippen LogP) is 4.62. The molecule has 16 heavy (non-hydrogen) atoms. The third-order valence-electron chi connectivity index (χ3n) is 5.15. The van der Waals surface area contributed by atoms with Crippen LogP contribution in [0.4, 0.5) is 0 Å². The average Bonchev–Trinajstić information content (AvgIpc) is 2.27. The fourth-order valence-corrected chi connectivity index (χ4v) is 2.40. The molecule has 1 nitrogen and oxygen atoms in total. The van der Waals surface area contributed by atoms with Crippen molar-refractivity contribution in [1.82, 2.24) is 5.32 Å². The second-order valence-electron chi connectivity index (χ2n) is 6.13. The van der Waals surface area contributed by atoms with Gasteiger partial charge >= 0.3 is 0 Å². The molecule has 1 heteroatoms. The van der Waals surface area contributed by atoms with Gasteiger partial charge in [0.2, 0.25) is 0 Å². The van der Waals surface area contributed by atoms with Gasteiger partial charge in [-0.05, 0) is 44.4 Å². The van der Waals surface area contributed by atoms with E-state index in [0.717, 1.165) is 0 Å². The number of rotatable bonds is 7. The van der Waals surface area contributed by atoms with Gasteiger partial charge in [-0.25, -0.2) is 0 Å². The molecule has 0 rings (SSSR count). The first-order chi connectivity index (χ1) is 7.26. The van der Waals surface area contributed by atoms with Crippen molar-refractivity contribution in [2.75, 3.05) is 0 Å². The molecule has 0 bridgehead atoms. The topological polar surface area (TPSA) is 12.0 Å². The summed E-state index contributed by atoms with van der Waals surface area (Å²) in [7, 11) is 0. The van der Waals surface area contributed by atoms with Gasteiger partial charge in [-0.2, -0.15) is 0 Å². The second-order valence-corrected chi connectivity index (χ2v) is 6.13. The maximum Gasteiger partial charge on any atom is 0.0206 e. The van der Waals surface area contributed by atoms with Gasteiger partial charge in [-0.3, -0.25) is 0 Å². The number of hydrogen-bond acceptors (Lipinski definition) is 1. The molecular formula is C15H33N. The van der Waals surface area contributed by atoms with Crippen LogP contribution in [-0.4, -0.2) is 11.6 Å². The summed E-state index contributed by atoms with van der Waals surface area (Å²) in [6, 6.07) is 0.586. The van der Waals surface area contributed by atoms with Crippen molar-refractivity contribution in [1.29, 1.82) is 0 Å². The summed E-state index contributed by atoms with van der Waals surface area (Å²) in [6.45, 7) is 18.7. The molecule has 0 heterocycles. The Morgan fingerprint density at radius 3 is 1.56 bits per heavy atom. The summed E-state index contributed by atoms with van der Waals surface area (Å²) in [5, 5.41) is 3.88. The third kappa shape index (κ3) is 3.23. The van der Waals surface area contributed by atoms with Gasteiger partial charge in [-0.15, -0.1) is 0 Å². The highest BCUT2D eigenvalue weighted by atomic mass is 15.0. The molecule has 0 aromatic rings. The van der Waals surface area contributed by atoms with Gasteiger partial charge in [0, 0.05) is 11.6 Å². The van der Waals surface area contributed by atoms with Crippen LogP contribution in [0.2, 0.25) is 0 Å². The summed E-state index contributed by atoms with van der Waals surface area (Å²) >= 11 is 0. The highest BCUT2D eigenvalue weighted by Crippen LogP contribution is 2.40. The monoisotopic (exact) mass is 227 g/mol. The third-order valence-corrected chi connectivity index (χ3v) is 5.15. The fourth-order valence-electron chi connectivity index (χ4n) is 2.40. The normalized spacial score (nSPS) is 18.6. The summed E-state index contributed by atoms with van der Waals surface area (Å²) in [6.07, 6.45) is 3.68. The van der Waals surface area contributed by atoms with Crippen LogP contribution >= 0.6 is 0 Å². The predicted molar refractivity (Wildman–Crippen MR) is 74.8 cm³/mol. The van der Waals surface area contributed by atoms with Crippen LogP contribution in [0.3, 0.4) is 0 Å². The van der Waals surface area contributed by atoms with E-state index < -0.39 is 0 Å². The highest BCUT2D eigenvalue weighted by Gasteiger charge is 2.41. The first-order valence-corrected chi connectivity index (χ1v) is 7.04. The lowest BCUT2D eigenvalue weighted by Crippen LogP contribution is -2.58. The molecule has 0 spiro atoms. The molecule has 98 valence electrons. The Labute approximate surface area is 103 Å². The molecule has 2 atom stereocenters. The lowest BCUT2D eigenvalue weighted by atomic mass is 9.66. The molecule has 2 unspecified atom stereocenters. The minimum absolute atomic E-state index is 0.250. The second kappa shape index (κ2) is 6.05. The number of hydrogen-bond donors (Lipinski definition) is 1. The lowest BCUT2D eigenvalue weighted by Gasteiger charge is -2.48. The standard InChI is InChI=1S/C15H33N/c1-9-14(7,10-2)15(8,11-3)16-13(6)12(4)5/h12-13,16H,9-11H2,1-8H3. The zero-order valence-corrected chi connectivity index (χ0v) is 12.8. The van der Waals surface area contributed by atoms with Crippen LogP contribution in [-0.2, 0) is 0 Å². The van der Waals surface area contributed by atoms with Gasteiger partial charge in [0.25, 0.3) is 0 Å². The smallest absolute Gasteiger partial charge is 0.0206 e. The fraction of sp³-hybridized carbons (Fsp3) is 1.00. The van der Waals surface area contributed by atoms with Crippen molar-refractivity contribution in [2.24, 2.45) is 11.3 Å². The maximum atomic E-state index is 3.88. The van der Waals surface area contributed by atoms with Crippen molar-refractivity contribution in [2.45, 2.75) is 86.2 Å². The van der Waals surface area contributed by atoms with Crippen LogP contribution in [0.1, 0.15) is 74.7 Å². The zero-order valence-electron chi connectivity index (χ0n) is 12.8. The summed E-state index contributed by atoms with van der Waals surface area (Å²) in [4.78, 5) is 0. The van der Waals surface area contributed by atoms with E-state index in [-0.39, 0.29) is 5.54 Å². The lowest BCUT2D eigenvalue weighted by molar-refractivity contribution is 0.0812. The van der Waals surface area contributed by atoms with Gasteiger partial charge in [0.1, 0.15) is 0 Å². The molecule has 0 aliphatic rings. The largest absolute Gasteiger partial charge is 0.308 e. The Hall–Kier alpha value is -0.0400. The van der Waals surface area contributed by atoms with E-state index in [2.05, 4.69) is 60.7 Å². The Balaban J connectivity index is 4.89. The van der Waals surface area contributed by atoms with Crippen LogP contribution in [0.25, 0.3) is 0 Å². The van der Waals surface area contributed by atoms with Crippen LogP contribution in [0.5, 0.6) is 0 Å². The molecule has 0 aromatic carbocycles. The van der Waals surface area contributed by atoms with Gasteiger partial charge < -0.3 is 5.32 Å². The van der Waals surface area contributed by atoms with Crippen molar-refractivity contribution in [3.05, 3.63) is 0 Å². The van der Waals surface area contributed by atoms with Crippen molar-refractivity contribution in [3.8, 4) is 0 Å². The van der Waals surface area contributed by atoms with Gasteiger partial charge in [0.15, 0.2) is 0 Å². The van der Waals surface area contributed by atoms with E-state index in [1.54, 1.807) is 0 Å². The molecule has 0 aliphatic heterocycles. The van der Waals surface area contributed by atoms with E-state index in [9.17, 15) is 0 Å². The van der Waals surface area contributed by atoms with Crippen molar-refractivity contribution in [3.63, 3.8) is 0 Å². The first-order valence-electron chi connectivity index (χ1n) is 7.04. The Bertz CT molecular complexity index is 194. The average molecular weight is 227 g/mol. The summed E-state index contributed by atoms with van der Waals surface area (Å²) < 4.78 is 0. The van der Waals surface area contributed by atoms with Gasteiger partial charge in [0.05, 0.1) is 0 Å². The van der Waals surface area contributed by atoms with E-state index in [0.29, 0.717) is 17.4 Å².